The minimum Gasteiger partial charge on any atom is -0.289 e. The van der Waals surface area contributed by atoms with Crippen molar-refractivity contribution in [2.24, 2.45) is 10.4 Å². The second-order valence-electron chi connectivity index (χ2n) is 4.96. The molecular formula is C13H17Cl2N. The van der Waals surface area contributed by atoms with E-state index in [0.29, 0.717) is 10.0 Å². The maximum absolute atomic E-state index is 6.12. The lowest BCUT2D eigenvalue weighted by Crippen LogP contribution is -2.07. The van der Waals surface area contributed by atoms with Gasteiger partial charge >= 0.3 is 0 Å². The standard InChI is InChI=1S/C13H17Cl2N/c1-9(16-8-13(2,3)4)12-10(14)6-5-7-11(12)15/h5-9H,1-4H3. The van der Waals surface area contributed by atoms with Gasteiger partial charge in [0.2, 0.25) is 0 Å². The van der Waals surface area contributed by atoms with Crippen molar-refractivity contribution in [1.29, 1.82) is 0 Å². The van der Waals surface area contributed by atoms with E-state index in [2.05, 4.69) is 25.8 Å². The van der Waals surface area contributed by atoms with Gasteiger partial charge in [0.1, 0.15) is 0 Å². The van der Waals surface area contributed by atoms with Crippen molar-refractivity contribution >= 4 is 29.4 Å². The Hall–Kier alpha value is -0.530. The van der Waals surface area contributed by atoms with E-state index in [1.54, 1.807) is 0 Å². The Morgan fingerprint density at radius 1 is 1.19 bits per heavy atom. The van der Waals surface area contributed by atoms with Crippen molar-refractivity contribution < 1.29 is 0 Å². The lowest BCUT2D eigenvalue weighted by atomic mass is 9.99. The Kier molecular flexibility index (Phi) is 4.40. The summed E-state index contributed by atoms with van der Waals surface area (Å²) in [4.78, 5) is 4.49. The summed E-state index contributed by atoms with van der Waals surface area (Å²) in [5.41, 5.74) is 0.966. The van der Waals surface area contributed by atoms with Crippen LogP contribution in [0.5, 0.6) is 0 Å². The summed E-state index contributed by atoms with van der Waals surface area (Å²) in [7, 11) is 0. The van der Waals surface area contributed by atoms with E-state index in [4.69, 9.17) is 23.2 Å². The van der Waals surface area contributed by atoms with Crippen LogP contribution >= 0.6 is 23.2 Å². The molecule has 16 heavy (non-hydrogen) atoms. The zero-order valence-corrected chi connectivity index (χ0v) is 11.6. The number of hydrogen-bond acceptors (Lipinski definition) is 1. The molecule has 1 unspecified atom stereocenters. The number of hydrogen-bond donors (Lipinski definition) is 0. The molecule has 0 spiro atoms. The van der Waals surface area contributed by atoms with Crippen LogP contribution in [-0.2, 0) is 0 Å². The molecule has 0 bridgehead atoms. The normalized spacial score (nSPS) is 14.4. The van der Waals surface area contributed by atoms with Gasteiger partial charge in [0.15, 0.2) is 0 Å². The van der Waals surface area contributed by atoms with E-state index in [9.17, 15) is 0 Å². The maximum atomic E-state index is 6.12. The second-order valence-corrected chi connectivity index (χ2v) is 5.77. The van der Waals surface area contributed by atoms with Gasteiger partial charge in [-0.15, -0.1) is 0 Å². The smallest absolute Gasteiger partial charge is 0.0746 e. The highest BCUT2D eigenvalue weighted by molar-refractivity contribution is 6.36. The largest absolute Gasteiger partial charge is 0.289 e. The van der Waals surface area contributed by atoms with Gasteiger partial charge in [0.25, 0.3) is 0 Å². The van der Waals surface area contributed by atoms with Gasteiger partial charge in [-0.25, -0.2) is 0 Å². The molecule has 1 aromatic rings. The molecule has 0 aliphatic heterocycles. The maximum Gasteiger partial charge on any atom is 0.0746 e. The van der Waals surface area contributed by atoms with Crippen molar-refractivity contribution in [1.82, 2.24) is 0 Å². The predicted octanol–water partition coefficient (Wildman–Crippen LogP) is 5.17. The minimum absolute atomic E-state index is 0.0135. The lowest BCUT2D eigenvalue weighted by Gasteiger charge is -2.15. The molecule has 0 fully saturated rings. The molecule has 1 nitrogen and oxygen atoms in total. The molecule has 1 aromatic carbocycles. The fourth-order valence-corrected chi connectivity index (χ4v) is 2.03. The second kappa shape index (κ2) is 5.20. The molecule has 1 atom stereocenters. The van der Waals surface area contributed by atoms with E-state index >= 15 is 0 Å². The number of rotatable bonds is 2. The van der Waals surface area contributed by atoms with Gasteiger partial charge in [0, 0.05) is 21.8 Å². The van der Waals surface area contributed by atoms with Gasteiger partial charge in [-0.05, 0) is 24.5 Å². The highest BCUT2D eigenvalue weighted by Gasteiger charge is 2.13. The molecule has 1 rings (SSSR count). The van der Waals surface area contributed by atoms with Crippen LogP contribution < -0.4 is 0 Å². The zero-order chi connectivity index (χ0) is 12.3. The lowest BCUT2D eigenvalue weighted by molar-refractivity contribution is 0.599. The van der Waals surface area contributed by atoms with Gasteiger partial charge in [-0.1, -0.05) is 50.0 Å². The first-order valence-electron chi connectivity index (χ1n) is 5.29. The van der Waals surface area contributed by atoms with E-state index in [1.165, 1.54) is 0 Å². The molecule has 0 aromatic heterocycles. The van der Waals surface area contributed by atoms with Crippen LogP contribution in [-0.4, -0.2) is 6.21 Å². The monoisotopic (exact) mass is 257 g/mol. The Morgan fingerprint density at radius 2 is 1.69 bits per heavy atom. The van der Waals surface area contributed by atoms with Gasteiger partial charge in [-0.2, -0.15) is 0 Å². The van der Waals surface area contributed by atoms with Crippen molar-refractivity contribution in [3.63, 3.8) is 0 Å². The molecule has 88 valence electrons. The Balaban J connectivity index is 2.97. The minimum atomic E-state index is -0.0135. The van der Waals surface area contributed by atoms with Gasteiger partial charge in [-0.3, -0.25) is 4.99 Å². The number of benzene rings is 1. The van der Waals surface area contributed by atoms with Crippen molar-refractivity contribution in [3.05, 3.63) is 33.8 Å². The molecule has 3 heteroatoms. The Bertz CT molecular complexity index is 371. The summed E-state index contributed by atoms with van der Waals surface area (Å²) >= 11 is 12.2. The number of aliphatic imine (C=N–C) groups is 1. The van der Waals surface area contributed by atoms with Crippen LogP contribution in [0.3, 0.4) is 0 Å². The summed E-state index contributed by atoms with van der Waals surface area (Å²) < 4.78 is 0. The molecular weight excluding hydrogens is 241 g/mol. The summed E-state index contributed by atoms with van der Waals surface area (Å²) in [6.07, 6.45) is 1.94. The van der Waals surface area contributed by atoms with E-state index in [1.807, 2.05) is 31.3 Å². The number of nitrogens with zero attached hydrogens (tertiary/aromatic N) is 1. The molecule has 0 saturated heterocycles. The van der Waals surface area contributed by atoms with Crippen LogP contribution in [0.15, 0.2) is 23.2 Å². The summed E-state index contributed by atoms with van der Waals surface area (Å²) in [5, 5.41) is 1.34. The molecule has 0 heterocycles. The third-order valence-electron chi connectivity index (χ3n) is 2.10. The summed E-state index contributed by atoms with van der Waals surface area (Å²) in [6.45, 7) is 8.32. The third kappa shape index (κ3) is 3.80. The molecule has 0 amide bonds. The highest BCUT2D eigenvalue weighted by Crippen LogP contribution is 2.32. The van der Waals surface area contributed by atoms with Crippen LogP contribution in [0.1, 0.15) is 39.3 Å². The average molecular weight is 258 g/mol. The third-order valence-corrected chi connectivity index (χ3v) is 2.76. The first-order valence-corrected chi connectivity index (χ1v) is 6.05. The molecule has 0 radical (unpaired) electrons. The van der Waals surface area contributed by atoms with Gasteiger partial charge in [0.05, 0.1) is 6.04 Å². The average Bonchev–Trinajstić information content (AvgIpc) is 2.13. The Labute approximate surface area is 107 Å². The van der Waals surface area contributed by atoms with E-state index in [-0.39, 0.29) is 11.5 Å². The molecule has 0 N–H and O–H groups in total. The summed E-state index contributed by atoms with van der Waals surface area (Å²) in [5.74, 6) is 0. The predicted molar refractivity (Wildman–Crippen MR) is 72.8 cm³/mol. The van der Waals surface area contributed by atoms with Crippen molar-refractivity contribution in [2.45, 2.75) is 33.7 Å². The molecule has 0 aliphatic rings. The van der Waals surface area contributed by atoms with Crippen molar-refractivity contribution in [2.75, 3.05) is 0 Å². The fraction of sp³-hybridized carbons (Fsp3) is 0.462. The first kappa shape index (κ1) is 13.5. The SMILES string of the molecule is CC(N=CC(C)(C)C)c1c(Cl)cccc1Cl. The first-order chi connectivity index (χ1) is 7.31. The van der Waals surface area contributed by atoms with Crippen LogP contribution in [0, 0.1) is 5.41 Å². The number of halogens is 2. The topological polar surface area (TPSA) is 12.4 Å². The van der Waals surface area contributed by atoms with E-state index < -0.39 is 0 Å². The molecule has 0 saturated carbocycles. The van der Waals surface area contributed by atoms with Gasteiger partial charge < -0.3 is 0 Å². The fourth-order valence-electron chi connectivity index (χ4n) is 1.32. The molecule has 0 aliphatic carbocycles. The van der Waals surface area contributed by atoms with Crippen LogP contribution in [0.2, 0.25) is 10.0 Å². The van der Waals surface area contributed by atoms with Crippen LogP contribution in [0.4, 0.5) is 0 Å². The highest BCUT2D eigenvalue weighted by atomic mass is 35.5. The summed E-state index contributed by atoms with van der Waals surface area (Å²) in [6, 6.07) is 5.51. The van der Waals surface area contributed by atoms with Crippen molar-refractivity contribution in [3.8, 4) is 0 Å². The van der Waals surface area contributed by atoms with E-state index in [0.717, 1.165) is 5.56 Å². The zero-order valence-electron chi connectivity index (χ0n) is 10.1. The Morgan fingerprint density at radius 3 is 2.12 bits per heavy atom. The quantitative estimate of drug-likeness (QED) is 0.649. The van der Waals surface area contributed by atoms with Crippen LogP contribution in [0.25, 0.3) is 0 Å².